The summed E-state index contributed by atoms with van der Waals surface area (Å²) in [5, 5.41) is 19.3. The largest absolute Gasteiger partial charge is 0.430 e. The third kappa shape index (κ3) is 3.94. The van der Waals surface area contributed by atoms with Crippen LogP contribution in [0, 0.1) is 6.92 Å². The Kier molecular flexibility index (Phi) is 5.70. The molecule has 1 heterocycles. The van der Waals surface area contributed by atoms with Gasteiger partial charge in [0.15, 0.2) is 0 Å². The van der Waals surface area contributed by atoms with Crippen LogP contribution in [0.15, 0.2) is 48.7 Å². The average Bonchev–Trinajstić information content (AvgIpc) is 2.73. The topological polar surface area (TPSA) is 135 Å². The fraction of sp³-hybridized carbons (Fsp3) is 0.190. The molecule has 0 saturated carbocycles. The van der Waals surface area contributed by atoms with E-state index in [-0.39, 0.29) is 29.4 Å². The van der Waals surface area contributed by atoms with Crippen LogP contribution in [0.4, 0.5) is 19.0 Å². The predicted octanol–water partition coefficient (Wildman–Crippen LogP) is 2.43. The number of alkyl halides is 3. The molecule has 0 aliphatic heterocycles. The number of benzene rings is 2. The molecule has 2 aromatic carbocycles. The molecule has 1 aromatic heterocycles. The number of anilines is 1. The lowest BCUT2D eigenvalue weighted by molar-refractivity contribution is -0.255. The second-order valence-corrected chi connectivity index (χ2v) is 6.95. The number of nitrogens with zero attached hydrogens (tertiary/aromatic N) is 2. The Morgan fingerprint density at radius 2 is 1.77 bits per heavy atom. The van der Waals surface area contributed by atoms with Gasteiger partial charge in [-0.15, -0.1) is 0 Å². The Labute approximate surface area is 175 Å². The number of nitrogens with two attached hydrogens (primary N) is 2. The van der Waals surface area contributed by atoms with Crippen molar-refractivity contribution in [3.63, 3.8) is 0 Å². The molecule has 1 unspecified atom stereocenters. The number of aliphatic hydroxyl groups is 2. The third-order valence-electron chi connectivity index (χ3n) is 4.91. The van der Waals surface area contributed by atoms with E-state index in [0.29, 0.717) is 16.7 Å². The number of aromatic nitrogens is 2. The second-order valence-electron chi connectivity index (χ2n) is 6.95. The quantitative estimate of drug-likeness (QED) is 0.489. The Morgan fingerprint density at radius 1 is 1.13 bits per heavy atom. The molecule has 31 heavy (non-hydrogen) atoms. The van der Waals surface area contributed by atoms with Crippen LogP contribution in [0.5, 0.6) is 0 Å². The van der Waals surface area contributed by atoms with E-state index in [1.54, 1.807) is 31.2 Å². The first-order chi connectivity index (χ1) is 14.5. The van der Waals surface area contributed by atoms with E-state index in [1.165, 1.54) is 12.3 Å². The number of primary amides is 1. The Balaban J connectivity index is 2.15. The van der Waals surface area contributed by atoms with E-state index in [1.807, 2.05) is 0 Å². The highest BCUT2D eigenvalue weighted by molar-refractivity contribution is 5.86. The molecule has 0 radical (unpaired) electrons. The molecule has 3 rings (SSSR count). The number of halogens is 3. The van der Waals surface area contributed by atoms with E-state index in [9.17, 15) is 28.2 Å². The molecule has 6 N–H and O–H groups in total. The average molecular weight is 432 g/mol. The van der Waals surface area contributed by atoms with E-state index < -0.39 is 23.2 Å². The SMILES string of the molecule is Cc1ccc(C(O)(C(N)=O)C(F)(F)F)cc1-c1cnc(N)c(-c2ccc(CO)cc2)n1. The van der Waals surface area contributed by atoms with Crippen LogP contribution in [0.1, 0.15) is 16.7 Å². The lowest BCUT2D eigenvalue weighted by atomic mass is 9.89. The van der Waals surface area contributed by atoms with Gasteiger partial charge < -0.3 is 21.7 Å². The summed E-state index contributed by atoms with van der Waals surface area (Å²) in [5.41, 5.74) is 8.69. The first kappa shape index (κ1) is 22.2. The maximum absolute atomic E-state index is 13.5. The maximum atomic E-state index is 13.5. The fourth-order valence-electron chi connectivity index (χ4n) is 3.08. The van der Waals surface area contributed by atoms with E-state index in [4.69, 9.17) is 11.5 Å². The zero-order valence-corrected chi connectivity index (χ0v) is 16.3. The summed E-state index contributed by atoms with van der Waals surface area (Å²) in [6.07, 6.45) is -4.04. The molecule has 0 fully saturated rings. The molecule has 1 atom stereocenters. The summed E-state index contributed by atoms with van der Waals surface area (Å²) in [4.78, 5) is 20.0. The Hall–Kier alpha value is -3.50. The molecule has 162 valence electrons. The minimum Gasteiger partial charge on any atom is -0.392 e. The summed E-state index contributed by atoms with van der Waals surface area (Å²) in [6, 6.07) is 10.0. The van der Waals surface area contributed by atoms with Crippen LogP contribution < -0.4 is 11.5 Å². The van der Waals surface area contributed by atoms with Crippen LogP contribution >= 0.6 is 0 Å². The number of hydrogen-bond acceptors (Lipinski definition) is 6. The zero-order valence-electron chi connectivity index (χ0n) is 16.3. The lowest BCUT2D eigenvalue weighted by Crippen LogP contribution is -2.52. The Morgan fingerprint density at radius 3 is 2.32 bits per heavy atom. The van der Waals surface area contributed by atoms with Crippen molar-refractivity contribution in [2.24, 2.45) is 5.73 Å². The number of hydrogen-bond donors (Lipinski definition) is 4. The Bertz CT molecular complexity index is 1130. The van der Waals surface area contributed by atoms with Crippen molar-refractivity contribution in [1.29, 1.82) is 0 Å². The highest BCUT2D eigenvalue weighted by Crippen LogP contribution is 2.40. The van der Waals surface area contributed by atoms with Crippen molar-refractivity contribution in [1.82, 2.24) is 9.97 Å². The zero-order chi connectivity index (χ0) is 23.0. The number of aliphatic hydroxyl groups excluding tert-OH is 1. The van der Waals surface area contributed by atoms with Crippen LogP contribution in [0.25, 0.3) is 22.5 Å². The van der Waals surface area contributed by atoms with E-state index in [2.05, 4.69) is 9.97 Å². The first-order valence-electron chi connectivity index (χ1n) is 9.02. The van der Waals surface area contributed by atoms with Crippen molar-refractivity contribution in [2.75, 3.05) is 5.73 Å². The second kappa shape index (κ2) is 7.97. The van der Waals surface area contributed by atoms with Gasteiger partial charge in [-0.1, -0.05) is 36.4 Å². The normalized spacial score (nSPS) is 13.6. The number of aryl methyl sites for hydroxylation is 1. The van der Waals surface area contributed by atoms with Gasteiger partial charge in [-0.2, -0.15) is 13.2 Å². The van der Waals surface area contributed by atoms with Crippen molar-refractivity contribution >= 4 is 11.7 Å². The third-order valence-corrected chi connectivity index (χ3v) is 4.91. The standard InChI is InChI=1S/C21H19F3N4O3/c1-11-2-7-14(20(31,19(26)30)21(22,23)24)8-15(11)16-9-27-18(25)17(28-16)13-5-3-12(10-29)4-6-13/h2-9,29,31H,10H2,1H3,(H2,25,27)(H2,26,30). The smallest absolute Gasteiger partial charge is 0.392 e. The van der Waals surface area contributed by atoms with Crippen molar-refractivity contribution in [3.8, 4) is 22.5 Å². The number of rotatable bonds is 5. The molecular formula is C21H19F3N4O3. The number of nitrogen functional groups attached to an aromatic ring is 1. The minimum absolute atomic E-state index is 0.0956. The highest BCUT2D eigenvalue weighted by atomic mass is 19.4. The lowest BCUT2D eigenvalue weighted by Gasteiger charge is -2.28. The number of carbonyl (C=O) groups is 1. The van der Waals surface area contributed by atoms with Crippen LogP contribution in [-0.4, -0.2) is 32.3 Å². The van der Waals surface area contributed by atoms with Gasteiger partial charge >= 0.3 is 6.18 Å². The molecule has 0 aliphatic carbocycles. The monoisotopic (exact) mass is 432 g/mol. The summed E-state index contributed by atoms with van der Waals surface area (Å²) in [6.45, 7) is 1.49. The molecule has 0 bridgehead atoms. The van der Waals surface area contributed by atoms with E-state index >= 15 is 0 Å². The first-order valence-corrected chi connectivity index (χ1v) is 9.02. The van der Waals surface area contributed by atoms with Crippen molar-refractivity contribution in [3.05, 3.63) is 65.4 Å². The maximum Gasteiger partial charge on any atom is 0.430 e. The molecule has 0 aliphatic rings. The van der Waals surface area contributed by atoms with E-state index in [0.717, 1.165) is 12.1 Å². The van der Waals surface area contributed by atoms with Crippen molar-refractivity contribution in [2.45, 2.75) is 25.3 Å². The molecule has 1 amide bonds. The summed E-state index contributed by atoms with van der Waals surface area (Å²) >= 11 is 0. The molecule has 7 nitrogen and oxygen atoms in total. The van der Waals surface area contributed by atoms with Gasteiger partial charge in [0, 0.05) is 16.7 Å². The van der Waals surface area contributed by atoms with Crippen LogP contribution in [-0.2, 0) is 17.0 Å². The summed E-state index contributed by atoms with van der Waals surface area (Å²) in [7, 11) is 0. The summed E-state index contributed by atoms with van der Waals surface area (Å²) in [5.74, 6) is -1.85. The predicted molar refractivity (Wildman–Crippen MR) is 107 cm³/mol. The van der Waals surface area contributed by atoms with Gasteiger partial charge in [-0.05, 0) is 24.1 Å². The fourth-order valence-corrected chi connectivity index (χ4v) is 3.08. The van der Waals surface area contributed by atoms with Gasteiger partial charge in [0.25, 0.3) is 11.5 Å². The molecule has 3 aromatic rings. The van der Waals surface area contributed by atoms with Gasteiger partial charge in [0.1, 0.15) is 11.5 Å². The highest BCUT2D eigenvalue weighted by Gasteiger charge is 2.60. The van der Waals surface area contributed by atoms with Crippen LogP contribution in [0.3, 0.4) is 0 Å². The van der Waals surface area contributed by atoms with Gasteiger partial charge in [-0.3, -0.25) is 4.79 Å². The van der Waals surface area contributed by atoms with Crippen molar-refractivity contribution < 1.29 is 28.2 Å². The number of carbonyl (C=O) groups excluding carboxylic acids is 1. The van der Waals surface area contributed by atoms with Crippen LogP contribution in [0.2, 0.25) is 0 Å². The van der Waals surface area contributed by atoms with Gasteiger partial charge in [-0.25, -0.2) is 9.97 Å². The molecule has 0 saturated heterocycles. The number of amides is 1. The summed E-state index contributed by atoms with van der Waals surface area (Å²) < 4.78 is 40.4. The molecule has 10 heteroatoms. The van der Waals surface area contributed by atoms with Gasteiger partial charge in [0.2, 0.25) is 0 Å². The molecular weight excluding hydrogens is 413 g/mol. The van der Waals surface area contributed by atoms with Gasteiger partial charge in [0.05, 0.1) is 18.5 Å². The minimum atomic E-state index is -5.32. The molecule has 0 spiro atoms.